The van der Waals surface area contributed by atoms with E-state index in [-0.39, 0.29) is 5.91 Å². The molecule has 0 spiro atoms. The highest BCUT2D eigenvalue weighted by molar-refractivity contribution is 7.09. The van der Waals surface area contributed by atoms with Gasteiger partial charge in [0, 0.05) is 16.1 Å². The van der Waals surface area contributed by atoms with Gasteiger partial charge in [-0.3, -0.25) is 10.1 Å². The molecule has 1 heterocycles. The summed E-state index contributed by atoms with van der Waals surface area (Å²) in [7, 11) is 0. The lowest BCUT2D eigenvalue weighted by Gasteiger charge is -2.19. The SMILES string of the molecule is CC(C)(C)OC(=O)Nc1cccc(C(=O)NCc2cccs2)c1. The Morgan fingerprint density at radius 1 is 1.17 bits per heavy atom. The Balaban J connectivity index is 1.96. The topological polar surface area (TPSA) is 67.4 Å². The second-order valence-electron chi connectivity index (χ2n) is 5.97. The molecule has 0 saturated heterocycles. The first kappa shape index (κ1) is 17.0. The second kappa shape index (κ2) is 7.28. The molecule has 5 nitrogen and oxygen atoms in total. The second-order valence-corrected chi connectivity index (χ2v) is 7.00. The molecule has 0 aliphatic heterocycles. The molecule has 0 bridgehead atoms. The van der Waals surface area contributed by atoms with Crippen LogP contribution >= 0.6 is 11.3 Å². The van der Waals surface area contributed by atoms with Crippen LogP contribution in [0.4, 0.5) is 10.5 Å². The van der Waals surface area contributed by atoms with Gasteiger partial charge in [-0.2, -0.15) is 0 Å². The molecule has 2 rings (SSSR count). The Hall–Kier alpha value is -2.34. The van der Waals surface area contributed by atoms with Gasteiger partial charge in [-0.05, 0) is 50.4 Å². The van der Waals surface area contributed by atoms with Gasteiger partial charge >= 0.3 is 6.09 Å². The van der Waals surface area contributed by atoms with Crippen LogP contribution in [0.15, 0.2) is 41.8 Å². The number of anilines is 1. The van der Waals surface area contributed by atoms with Crippen molar-refractivity contribution in [1.29, 1.82) is 0 Å². The van der Waals surface area contributed by atoms with E-state index < -0.39 is 11.7 Å². The van der Waals surface area contributed by atoms with Crippen molar-refractivity contribution < 1.29 is 14.3 Å². The number of rotatable bonds is 4. The van der Waals surface area contributed by atoms with E-state index in [0.717, 1.165) is 4.88 Å². The van der Waals surface area contributed by atoms with Gasteiger partial charge in [0.05, 0.1) is 6.54 Å². The first-order chi connectivity index (χ1) is 10.8. The van der Waals surface area contributed by atoms with Crippen molar-refractivity contribution >= 4 is 29.0 Å². The lowest BCUT2D eigenvalue weighted by Crippen LogP contribution is -2.27. The fourth-order valence-corrected chi connectivity index (χ4v) is 2.49. The molecule has 2 N–H and O–H groups in total. The van der Waals surface area contributed by atoms with Crippen LogP contribution in [0.5, 0.6) is 0 Å². The van der Waals surface area contributed by atoms with Crippen molar-refractivity contribution in [2.45, 2.75) is 32.9 Å². The molecule has 122 valence electrons. The highest BCUT2D eigenvalue weighted by Crippen LogP contribution is 2.14. The number of amides is 2. The maximum Gasteiger partial charge on any atom is 0.412 e. The summed E-state index contributed by atoms with van der Waals surface area (Å²) in [4.78, 5) is 25.0. The highest BCUT2D eigenvalue weighted by Gasteiger charge is 2.16. The first-order valence-corrected chi connectivity index (χ1v) is 8.12. The number of ether oxygens (including phenoxy) is 1. The Morgan fingerprint density at radius 2 is 1.96 bits per heavy atom. The van der Waals surface area contributed by atoms with Crippen molar-refractivity contribution in [2.75, 3.05) is 5.32 Å². The molecule has 0 fully saturated rings. The van der Waals surface area contributed by atoms with Crippen molar-refractivity contribution in [3.05, 3.63) is 52.2 Å². The van der Waals surface area contributed by atoms with Gasteiger partial charge < -0.3 is 10.1 Å². The van der Waals surface area contributed by atoms with Crippen LogP contribution in [0.2, 0.25) is 0 Å². The summed E-state index contributed by atoms with van der Waals surface area (Å²) >= 11 is 1.59. The highest BCUT2D eigenvalue weighted by atomic mass is 32.1. The standard InChI is InChI=1S/C17H20N2O3S/c1-17(2,3)22-16(21)19-13-7-4-6-12(10-13)15(20)18-11-14-8-5-9-23-14/h4-10H,11H2,1-3H3,(H,18,20)(H,19,21). The van der Waals surface area contributed by atoms with Crippen LogP contribution in [-0.2, 0) is 11.3 Å². The third-order valence-electron chi connectivity index (χ3n) is 2.77. The molecule has 23 heavy (non-hydrogen) atoms. The van der Waals surface area contributed by atoms with Gasteiger partial charge in [0.2, 0.25) is 0 Å². The Bertz CT molecular complexity index is 675. The summed E-state index contributed by atoms with van der Waals surface area (Å²) in [6, 6.07) is 10.6. The predicted octanol–water partition coefficient (Wildman–Crippen LogP) is 4.03. The molecule has 1 aromatic carbocycles. The summed E-state index contributed by atoms with van der Waals surface area (Å²) < 4.78 is 5.19. The third-order valence-corrected chi connectivity index (χ3v) is 3.65. The van der Waals surface area contributed by atoms with Gasteiger partial charge in [0.1, 0.15) is 5.60 Å². The molecule has 0 saturated carbocycles. The lowest BCUT2D eigenvalue weighted by atomic mass is 10.2. The zero-order valence-electron chi connectivity index (χ0n) is 13.4. The molecule has 2 amide bonds. The molecule has 0 unspecified atom stereocenters. The number of carbonyl (C=O) groups is 2. The Labute approximate surface area is 139 Å². The van der Waals surface area contributed by atoms with E-state index in [2.05, 4.69) is 10.6 Å². The molecule has 1 aromatic heterocycles. The quantitative estimate of drug-likeness (QED) is 0.888. The summed E-state index contributed by atoms with van der Waals surface area (Å²) in [5.41, 5.74) is 0.429. The number of hydrogen-bond donors (Lipinski definition) is 2. The van der Waals surface area contributed by atoms with E-state index in [0.29, 0.717) is 17.8 Å². The lowest BCUT2D eigenvalue weighted by molar-refractivity contribution is 0.0635. The van der Waals surface area contributed by atoms with Crippen LogP contribution in [0.3, 0.4) is 0 Å². The number of nitrogens with one attached hydrogen (secondary N) is 2. The largest absolute Gasteiger partial charge is 0.444 e. The smallest absolute Gasteiger partial charge is 0.412 e. The summed E-state index contributed by atoms with van der Waals surface area (Å²) in [6.45, 7) is 5.86. The molecule has 6 heteroatoms. The summed E-state index contributed by atoms with van der Waals surface area (Å²) in [6.07, 6.45) is -0.548. The van der Waals surface area contributed by atoms with Gasteiger partial charge in [0.25, 0.3) is 5.91 Å². The van der Waals surface area contributed by atoms with Crippen LogP contribution < -0.4 is 10.6 Å². The average Bonchev–Trinajstić information content (AvgIpc) is 2.96. The van der Waals surface area contributed by atoms with E-state index in [1.165, 1.54) is 0 Å². The minimum atomic E-state index is -0.570. The van der Waals surface area contributed by atoms with E-state index in [1.54, 1.807) is 56.4 Å². The van der Waals surface area contributed by atoms with Crippen molar-refractivity contribution in [1.82, 2.24) is 5.32 Å². The van der Waals surface area contributed by atoms with Gasteiger partial charge in [-0.15, -0.1) is 11.3 Å². The number of thiophene rings is 1. The maximum atomic E-state index is 12.2. The average molecular weight is 332 g/mol. The summed E-state index contributed by atoms with van der Waals surface area (Å²) in [5, 5.41) is 7.44. The van der Waals surface area contributed by atoms with Crippen molar-refractivity contribution in [3.8, 4) is 0 Å². The van der Waals surface area contributed by atoms with E-state index in [9.17, 15) is 9.59 Å². The fourth-order valence-electron chi connectivity index (χ4n) is 1.84. The van der Waals surface area contributed by atoms with Crippen LogP contribution in [0.25, 0.3) is 0 Å². The summed E-state index contributed by atoms with van der Waals surface area (Å²) in [5.74, 6) is -0.189. The fraction of sp³-hybridized carbons (Fsp3) is 0.294. The number of carbonyl (C=O) groups excluding carboxylic acids is 2. The molecular weight excluding hydrogens is 312 g/mol. The van der Waals surface area contributed by atoms with Gasteiger partial charge in [-0.1, -0.05) is 12.1 Å². The zero-order chi connectivity index (χ0) is 16.9. The monoisotopic (exact) mass is 332 g/mol. The Morgan fingerprint density at radius 3 is 2.61 bits per heavy atom. The number of hydrogen-bond acceptors (Lipinski definition) is 4. The molecule has 0 atom stereocenters. The predicted molar refractivity (Wildman–Crippen MR) is 91.8 cm³/mol. The molecule has 2 aromatic rings. The molecular formula is C17H20N2O3S. The molecule has 0 aliphatic rings. The van der Waals surface area contributed by atoms with E-state index in [1.807, 2.05) is 17.5 Å². The Kier molecular flexibility index (Phi) is 5.39. The number of benzene rings is 1. The van der Waals surface area contributed by atoms with E-state index in [4.69, 9.17) is 4.74 Å². The molecule has 0 aliphatic carbocycles. The maximum absolute atomic E-state index is 12.2. The van der Waals surface area contributed by atoms with Crippen molar-refractivity contribution in [2.24, 2.45) is 0 Å². The van der Waals surface area contributed by atoms with Gasteiger partial charge in [0.15, 0.2) is 0 Å². The normalized spacial score (nSPS) is 10.9. The minimum absolute atomic E-state index is 0.189. The minimum Gasteiger partial charge on any atom is -0.444 e. The molecule has 0 radical (unpaired) electrons. The van der Waals surface area contributed by atoms with E-state index >= 15 is 0 Å². The van der Waals surface area contributed by atoms with Crippen LogP contribution in [0, 0.1) is 0 Å². The van der Waals surface area contributed by atoms with Crippen LogP contribution in [-0.4, -0.2) is 17.6 Å². The van der Waals surface area contributed by atoms with Crippen molar-refractivity contribution in [3.63, 3.8) is 0 Å². The van der Waals surface area contributed by atoms with Gasteiger partial charge in [-0.25, -0.2) is 4.79 Å². The van der Waals surface area contributed by atoms with Crippen LogP contribution in [0.1, 0.15) is 36.0 Å². The third kappa shape index (κ3) is 5.75. The zero-order valence-corrected chi connectivity index (χ0v) is 14.2. The first-order valence-electron chi connectivity index (χ1n) is 7.24.